The van der Waals surface area contributed by atoms with Crippen LogP contribution in [0.1, 0.15) is 37.0 Å². The summed E-state index contributed by atoms with van der Waals surface area (Å²) in [4.78, 5) is 34.8. The van der Waals surface area contributed by atoms with Crippen LogP contribution in [0.2, 0.25) is 0 Å². The Balaban J connectivity index is 2.50. The summed E-state index contributed by atoms with van der Waals surface area (Å²) in [6.45, 7) is 3.67. The van der Waals surface area contributed by atoms with E-state index in [9.17, 15) is 22.8 Å². The second kappa shape index (κ2) is 10.5. The van der Waals surface area contributed by atoms with E-state index in [1.165, 1.54) is 24.3 Å². The first-order chi connectivity index (χ1) is 12.3. The lowest BCUT2D eigenvalue weighted by molar-refractivity contribution is -0.123. The molecule has 3 amide bonds. The molecule has 0 unspecified atom stereocenters. The molecule has 26 heavy (non-hydrogen) atoms. The molecule has 0 radical (unpaired) electrons. The molecule has 1 rings (SSSR count). The number of rotatable bonds is 9. The average molecular weight is 385 g/mol. The van der Waals surface area contributed by atoms with Gasteiger partial charge in [-0.1, -0.05) is 20.3 Å². The van der Waals surface area contributed by atoms with Crippen molar-refractivity contribution in [1.29, 1.82) is 0 Å². The third-order valence-corrected chi connectivity index (χ3v) is 4.70. The zero-order valence-electron chi connectivity index (χ0n) is 14.7. The van der Waals surface area contributed by atoms with Crippen LogP contribution >= 0.6 is 0 Å². The Bertz CT molecular complexity index is 731. The van der Waals surface area contributed by atoms with Crippen molar-refractivity contribution in [1.82, 2.24) is 15.4 Å². The molecular formula is C16H23N3O6S. The first-order valence-corrected chi connectivity index (χ1v) is 9.63. The van der Waals surface area contributed by atoms with E-state index in [2.05, 4.69) is 10.0 Å². The smallest absolute Gasteiger partial charge is 0.338 e. The molecule has 0 heterocycles. The molecule has 144 valence electrons. The molecule has 0 bridgehead atoms. The number of sulfonamides is 1. The molecule has 3 N–H and O–H groups in total. The van der Waals surface area contributed by atoms with Gasteiger partial charge in [0.1, 0.15) is 0 Å². The van der Waals surface area contributed by atoms with Gasteiger partial charge in [-0.05, 0) is 30.7 Å². The van der Waals surface area contributed by atoms with Crippen molar-refractivity contribution in [3.05, 3.63) is 29.8 Å². The Morgan fingerprint density at radius 3 is 2.31 bits per heavy atom. The van der Waals surface area contributed by atoms with Gasteiger partial charge in [-0.25, -0.2) is 22.7 Å². The Morgan fingerprint density at radius 2 is 1.73 bits per heavy atom. The molecule has 0 saturated carbocycles. The normalized spacial score (nSPS) is 10.8. The van der Waals surface area contributed by atoms with E-state index in [1.54, 1.807) is 6.92 Å². The van der Waals surface area contributed by atoms with Gasteiger partial charge >= 0.3 is 12.0 Å². The predicted molar refractivity (Wildman–Crippen MR) is 94.0 cm³/mol. The second-order valence-electron chi connectivity index (χ2n) is 5.26. The summed E-state index contributed by atoms with van der Waals surface area (Å²) in [5.74, 6) is -1.57. The number of esters is 1. The maximum Gasteiger partial charge on any atom is 0.338 e. The van der Waals surface area contributed by atoms with Crippen molar-refractivity contribution in [3.8, 4) is 0 Å². The molecule has 9 nitrogen and oxygen atoms in total. The van der Waals surface area contributed by atoms with Gasteiger partial charge in [-0.15, -0.1) is 0 Å². The average Bonchev–Trinajstić information content (AvgIpc) is 2.60. The lowest BCUT2D eigenvalue weighted by Gasteiger charge is -2.08. The zero-order valence-corrected chi connectivity index (χ0v) is 15.5. The highest BCUT2D eigenvalue weighted by Gasteiger charge is 2.15. The molecule has 1 aromatic carbocycles. The number of amides is 3. The van der Waals surface area contributed by atoms with Gasteiger partial charge in [-0.2, -0.15) is 0 Å². The van der Waals surface area contributed by atoms with Gasteiger partial charge in [0.2, 0.25) is 10.0 Å². The van der Waals surface area contributed by atoms with Crippen molar-refractivity contribution < 1.29 is 27.5 Å². The first kappa shape index (κ1) is 21.6. The van der Waals surface area contributed by atoms with Crippen molar-refractivity contribution in [2.45, 2.75) is 31.6 Å². The number of unbranched alkanes of at least 4 members (excludes halogenated alkanes) is 1. The molecule has 0 saturated heterocycles. The molecule has 10 heteroatoms. The third kappa shape index (κ3) is 7.19. The van der Waals surface area contributed by atoms with Crippen LogP contribution < -0.4 is 15.4 Å². The summed E-state index contributed by atoms with van der Waals surface area (Å²) in [5, 5.41) is 4.53. The second-order valence-corrected chi connectivity index (χ2v) is 7.03. The van der Waals surface area contributed by atoms with E-state index in [0.717, 1.165) is 12.8 Å². The number of hydrogen-bond acceptors (Lipinski definition) is 6. The van der Waals surface area contributed by atoms with Crippen LogP contribution in [0.15, 0.2) is 29.2 Å². The highest BCUT2D eigenvalue weighted by atomic mass is 32.2. The van der Waals surface area contributed by atoms with Gasteiger partial charge in [-0.3, -0.25) is 10.1 Å². The Labute approximate surface area is 152 Å². The molecule has 1 aromatic rings. The topological polar surface area (TPSA) is 131 Å². The van der Waals surface area contributed by atoms with E-state index in [0.29, 0.717) is 6.54 Å². The number of urea groups is 1. The van der Waals surface area contributed by atoms with Gasteiger partial charge in [0.05, 0.1) is 10.5 Å². The van der Waals surface area contributed by atoms with E-state index in [4.69, 9.17) is 4.74 Å². The summed E-state index contributed by atoms with van der Waals surface area (Å²) in [6, 6.07) is 4.42. The number of carbonyl (C=O) groups is 3. The van der Waals surface area contributed by atoms with E-state index in [-0.39, 0.29) is 17.0 Å². The summed E-state index contributed by atoms with van der Waals surface area (Å²) in [7, 11) is -3.61. The highest BCUT2D eigenvalue weighted by Crippen LogP contribution is 2.11. The van der Waals surface area contributed by atoms with Crippen LogP contribution in [0.3, 0.4) is 0 Å². The minimum atomic E-state index is -3.61. The van der Waals surface area contributed by atoms with Gasteiger partial charge in [0.25, 0.3) is 5.91 Å². The summed E-state index contributed by atoms with van der Waals surface area (Å²) >= 11 is 0. The minimum absolute atomic E-state index is 0.0115. The Kier molecular flexibility index (Phi) is 8.73. The standard InChI is InChI=1S/C16H23N3O6S/c1-3-5-10-17-16(22)19-14(20)11-25-15(21)12-6-8-13(9-7-12)26(23,24)18-4-2/h6-9,18H,3-5,10-11H2,1-2H3,(H2,17,19,20,22). The molecule has 0 atom stereocenters. The Hall–Kier alpha value is -2.46. The Morgan fingerprint density at radius 1 is 1.08 bits per heavy atom. The summed E-state index contributed by atoms with van der Waals surface area (Å²) in [5.41, 5.74) is 0.0839. The molecule has 0 fully saturated rings. The van der Waals surface area contributed by atoms with E-state index >= 15 is 0 Å². The maximum absolute atomic E-state index is 11.9. The lowest BCUT2D eigenvalue weighted by Crippen LogP contribution is -2.41. The molecule has 0 aromatic heterocycles. The van der Waals surface area contributed by atoms with Crippen LogP contribution in [-0.4, -0.2) is 46.0 Å². The van der Waals surface area contributed by atoms with Gasteiger partial charge in [0, 0.05) is 13.1 Å². The largest absolute Gasteiger partial charge is 0.452 e. The number of carbonyl (C=O) groups excluding carboxylic acids is 3. The van der Waals surface area contributed by atoms with Crippen molar-refractivity contribution >= 4 is 27.9 Å². The molecule has 0 aliphatic rings. The summed E-state index contributed by atoms with van der Waals surface area (Å²) < 4.78 is 30.7. The van der Waals surface area contributed by atoms with Crippen molar-refractivity contribution in [2.75, 3.05) is 19.7 Å². The van der Waals surface area contributed by atoms with Crippen LogP contribution in [0.4, 0.5) is 4.79 Å². The zero-order chi connectivity index (χ0) is 19.6. The molecule has 0 aliphatic carbocycles. The number of hydrogen-bond donors (Lipinski definition) is 3. The van der Waals surface area contributed by atoms with Gasteiger partial charge < -0.3 is 10.1 Å². The number of ether oxygens (including phenoxy) is 1. The molecular weight excluding hydrogens is 362 g/mol. The molecule has 0 aliphatic heterocycles. The fraction of sp³-hybridized carbons (Fsp3) is 0.438. The fourth-order valence-corrected chi connectivity index (χ4v) is 2.88. The third-order valence-electron chi connectivity index (χ3n) is 3.14. The van der Waals surface area contributed by atoms with E-state index in [1.807, 2.05) is 12.2 Å². The van der Waals surface area contributed by atoms with Crippen LogP contribution in [0.25, 0.3) is 0 Å². The number of benzene rings is 1. The maximum atomic E-state index is 11.9. The van der Waals surface area contributed by atoms with Crippen molar-refractivity contribution in [3.63, 3.8) is 0 Å². The SMILES string of the molecule is CCCCNC(=O)NC(=O)COC(=O)c1ccc(S(=O)(=O)NCC)cc1. The van der Waals surface area contributed by atoms with Gasteiger partial charge in [0.15, 0.2) is 6.61 Å². The summed E-state index contributed by atoms with van der Waals surface area (Å²) in [6.07, 6.45) is 1.69. The number of imide groups is 1. The quantitative estimate of drug-likeness (QED) is 0.425. The minimum Gasteiger partial charge on any atom is -0.452 e. The fourth-order valence-electron chi connectivity index (χ4n) is 1.84. The number of nitrogens with one attached hydrogen (secondary N) is 3. The lowest BCUT2D eigenvalue weighted by atomic mass is 10.2. The van der Waals surface area contributed by atoms with Crippen LogP contribution in [-0.2, 0) is 19.6 Å². The predicted octanol–water partition coefficient (Wildman–Crippen LogP) is 0.768. The van der Waals surface area contributed by atoms with E-state index < -0.39 is 34.5 Å². The monoisotopic (exact) mass is 385 g/mol. The van der Waals surface area contributed by atoms with Crippen LogP contribution in [0.5, 0.6) is 0 Å². The first-order valence-electron chi connectivity index (χ1n) is 8.14. The van der Waals surface area contributed by atoms with Crippen molar-refractivity contribution in [2.24, 2.45) is 0 Å². The van der Waals surface area contributed by atoms with Crippen LogP contribution in [0, 0.1) is 0 Å². The highest BCUT2D eigenvalue weighted by molar-refractivity contribution is 7.89. The molecule has 0 spiro atoms.